The second kappa shape index (κ2) is 6.71. The van der Waals surface area contributed by atoms with Crippen LogP contribution in [0, 0.1) is 6.92 Å². The van der Waals surface area contributed by atoms with Crippen molar-refractivity contribution in [2.45, 2.75) is 20.8 Å². The summed E-state index contributed by atoms with van der Waals surface area (Å²) in [4.78, 5) is 0. The number of aryl methyl sites for hydroxylation is 1. The van der Waals surface area contributed by atoms with Gasteiger partial charge in [0.15, 0.2) is 11.5 Å². The predicted molar refractivity (Wildman–Crippen MR) is 63.3 cm³/mol. The maximum atomic E-state index is 5.15. The third-order valence-corrected chi connectivity index (χ3v) is 2.17. The Morgan fingerprint density at radius 2 is 1.64 bits per heavy atom. The van der Waals surface area contributed by atoms with Crippen molar-refractivity contribution in [3.8, 4) is 11.5 Å². The highest BCUT2D eigenvalue weighted by Gasteiger charge is 2.07. The Bertz CT molecular complexity index is 285. The molecule has 14 heavy (non-hydrogen) atoms. The van der Waals surface area contributed by atoms with Crippen LogP contribution in [0.25, 0.3) is 0 Å². The van der Waals surface area contributed by atoms with Crippen molar-refractivity contribution in [3.05, 3.63) is 22.2 Å². The van der Waals surface area contributed by atoms with E-state index in [9.17, 15) is 0 Å². The van der Waals surface area contributed by atoms with E-state index < -0.39 is 0 Å². The molecule has 80 valence electrons. The minimum atomic E-state index is 0.739. The van der Waals surface area contributed by atoms with Gasteiger partial charge in [0.2, 0.25) is 0 Å². The molecule has 0 saturated heterocycles. The Hall–Kier alpha value is -0.700. The fourth-order valence-corrected chi connectivity index (χ4v) is 1.77. The molecule has 3 heteroatoms. The summed E-state index contributed by atoms with van der Waals surface area (Å²) >= 11 is 3.39. The quantitative estimate of drug-likeness (QED) is 0.806. The van der Waals surface area contributed by atoms with Gasteiger partial charge in [-0.25, -0.2) is 0 Å². The molecule has 0 heterocycles. The molecule has 0 spiro atoms. The summed E-state index contributed by atoms with van der Waals surface area (Å²) in [7, 11) is 3.25. The highest BCUT2D eigenvalue weighted by molar-refractivity contribution is 9.10. The van der Waals surface area contributed by atoms with Crippen molar-refractivity contribution in [1.82, 2.24) is 0 Å². The van der Waals surface area contributed by atoms with Crippen LogP contribution in [0.4, 0.5) is 0 Å². The molecule has 0 amide bonds. The molecule has 0 N–H and O–H groups in total. The lowest BCUT2D eigenvalue weighted by Crippen LogP contribution is -1.91. The zero-order valence-electron chi connectivity index (χ0n) is 9.35. The van der Waals surface area contributed by atoms with Crippen LogP contribution < -0.4 is 9.47 Å². The Kier molecular flexibility index (Phi) is 6.37. The summed E-state index contributed by atoms with van der Waals surface area (Å²) in [5, 5.41) is 0. The number of hydrogen-bond acceptors (Lipinski definition) is 2. The fraction of sp³-hybridized carbons (Fsp3) is 0.455. The molecule has 0 bridgehead atoms. The van der Waals surface area contributed by atoms with Gasteiger partial charge in [0, 0.05) is 0 Å². The van der Waals surface area contributed by atoms with Crippen molar-refractivity contribution in [3.63, 3.8) is 0 Å². The lowest BCUT2D eigenvalue weighted by atomic mass is 10.2. The van der Waals surface area contributed by atoms with Crippen LogP contribution in [0.5, 0.6) is 11.5 Å². The van der Waals surface area contributed by atoms with Crippen molar-refractivity contribution in [2.24, 2.45) is 0 Å². The fourth-order valence-electron chi connectivity index (χ4n) is 1.05. The van der Waals surface area contributed by atoms with E-state index >= 15 is 0 Å². The molecule has 0 atom stereocenters. The summed E-state index contributed by atoms with van der Waals surface area (Å²) in [6, 6.07) is 3.92. The summed E-state index contributed by atoms with van der Waals surface area (Å²) in [6.07, 6.45) is 0. The monoisotopic (exact) mass is 260 g/mol. The van der Waals surface area contributed by atoms with Gasteiger partial charge in [-0.1, -0.05) is 13.8 Å². The Morgan fingerprint density at radius 1 is 1.07 bits per heavy atom. The molecule has 0 fully saturated rings. The standard InChI is InChI=1S/C9H11BrO2.C2H6/c1-6-4-7(10)9(12-3)8(5-6)11-2;1-2/h4-5H,1-3H3;1-2H3. The molecule has 0 unspecified atom stereocenters. The van der Waals surface area contributed by atoms with Gasteiger partial charge in [-0.15, -0.1) is 0 Å². The molecule has 0 aromatic heterocycles. The van der Waals surface area contributed by atoms with Crippen molar-refractivity contribution in [2.75, 3.05) is 14.2 Å². The second-order valence-corrected chi connectivity index (χ2v) is 3.34. The maximum Gasteiger partial charge on any atom is 0.174 e. The van der Waals surface area contributed by atoms with E-state index in [2.05, 4.69) is 15.9 Å². The van der Waals surface area contributed by atoms with Crippen molar-refractivity contribution < 1.29 is 9.47 Å². The molecular formula is C11H17BrO2. The third-order valence-electron chi connectivity index (χ3n) is 1.58. The molecule has 1 aromatic carbocycles. The summed E-state index contributed by atoms with van der Waals surface area (Å²) in [6.45, 7) is 6.01. The molecule has 1 rings (SSSR count). The lowest BCUT2D eigenvalue weighted by molar-refractivity contribution is 0.353. The van der Waals surface area contributed by atoms with Crippen LogP contribution in [0.2, 0.25) is 0 Å². The van der Waals surface area contributed by atoms with Gasteiger partial charge >= 0.3 is 0 Å². The van der Waals surface area contributed by atoms with Gasteiger partial charge in [0.25, 0.3) is 0 Å². The van der Waals surface area contributed by atoms with E-state index in [1.54, 1.807) is 14.2 Å². The number of benzene rings is 1. The first kappa shape index (κ1) is 13.3. The first-order chi connectivity index (χ1) is 6.69. The number of methoxy groups -OCH3 is 2. The van der Waals surface area contributed by atoms with Gasteiger partial charge in [-0.3, -0.25) is 0 Å². The third kappa shape index (κ3) is 3.22. The average molecular weight is 261 g/mol. The van der Waals surface area contributed by atoms with Gasteiger partial charge in [-0.05, 0) is 40.5 Å². The zero-order chi connectivity index (χ0) is 11.1. The molecule has 2 nitrogen and oxygen atoms in total. The van der Waals surface area contributed by atoms with Crippen LogP contribution in [0.1, 0.15) is 19.4 Å². The topological polar surface area (TPSA) is 18.5 Å². The second-order valence-electron chi connectivity index (χ2n) is 2.48. The molecule has 0 radical (unpaired) electrons. The molecule has 1 aromatic rings. The lowest BCUT2D eigenvalue weighted by Gasteiger charge is -2.09. The minimum Gasteiger partial charge on any atom is -0.493 e. The minimum absolute atomic E-state index is 0.739. The number of halogens is 1. The van der Waals surface area contributed by atoms with Crippen LogP contribution in [0.3, 0.4) is 0 Å². The van der Waals surface area contributed by atoms with Gasteiger partial charge < -0.3 is 9.47 Å². The van der Waals surface area contributed by atoms with Crippen molar-refractivity contribution >= 4 is 15.9 Å². The Morgan fingerprint density at radius 3 is 2.07 bits per heavy atom. The van der Waals surface area contributed by atoms with E-state index in [1.807, 2.05) is 32.9 Å². The predicted octanol–water partition coefficient (Wildman–Crippen LogP) is 3.80. The largest absolute Gasteiger partial charge is 0.493 e. The number of ether oxygens (including phenoxy) is 2. The van der Waals surface area contributed by atoms with Crippen LogP contribution in [-0.2, 0) is 0 Å². The SMILES string of the molecule is CC.COc1cc(C)cc(Br)c1OC. The van der Waals surface area contributed by atoms with Gasteiger partial charge in [0.1, 0.15) is 0 Å². The van der Waals surface area contributed by atoms with Gasteiger partial charge in [-0.2, -0.15) is 0 Å². The summed E-state index contributed by atoms with van der Waals surface area (Å²) in [5.74, 6) is 1.49. The maximum absolute atomic E-state index is 5.15. The van der Waals surface area contributed by atoms with Crippen LogP contribution >= 0.6 is 15.9 Å². The highest BCUT2D eigenvalue weighted by Crippen LogP contribution is 2.35. The molecule has 0 aliphatic rings. The molecular weight excluding hydrogens is 244 g/mol. The zero-order valence-corrected chi connectivity index (χ0v) is 10.9. The molecule has 0 aliphatic heterocycles. The Labute approximate surface area is 94.4 Å². The number of hydrogen-bond donors (Lipinski definition) is 0. The van der Waals surface area contributed by atoms with E-state index in [0.29, 0.717) is 0 Å². The number of rotatable bonds is 2. The van der Waals surface area contributed by atoms with Crippen LogP contribution in [-0.4, -0.2) is 14.2 Å². The van der Waals surface area contributed by atoms with E-state index in [-0.39, 0.29) is 0 Å². The van der Waals surface area contributed by atoms with E-state index in [1.165, 1.54) is 0 Å². The summed E-state index contributed by atoms with van der Waals surface area (Å²) < 4.78 is 11.2. The van der Waals surface area contributed by atoms with E-state index in [4.69, 9.17) is 9.47 Å². The van der Waals surface area contributed by atoms with Gasteiger partial charge in [0.05, 0.1) is 18.7 Å². The Balaban J connectivity index is 0.000000791. The average Bonchev–Trinajstić information content (AvgIpc) is 2.19. The molecule has 0 saturated carbocycles. The normalized spacial score (nSPS) is 8.71. The first-order valence-electron chi connectivity index (χ1n) is 4.57. The molecule has 0 aliphatic carbocycles. The van der Waals surface area contributed by atoms with E-state index in [0.717, 1.165) is 21.5 Å². The summed E-state index contributed by atoms with van der Waals surface area (Å²) in [5.41, 5.74) is 1.14. The van der Waals surface area contributed by atoms with Crippen molar-refractivity contribution in [1.29, 1.82) is 0 Å². The highest BCUT2D eigenvalue weighted by atomic mass is 79.9. The smallest absolute Gasteiger partial charge is 0.174 e. The first-order valence-corrected chi connectivity index (χ1v) is 5.36. The van der Waals surface area contributed by atoms with Crippen LogP contribution in [0.15, 0.2) is 16.6 Å².